The Hall–Kier alpha value is -1.64. The minimum atomic E-state index is 0.171. The molecule has 1 aromatic rings. The molecule has 3 atom stereocenters. The summed E-state index contributed by atoms with van der Waals surface area (Å²) in [5.41, 5.74) is 1.16. The highest BCUT2D eigenvalue weighted by molar-refractivity contribution is 5.80. The van der Waals surface area contributed by atoms with Gasteiger partial charge in [0.05, 0.1) is 38.1 Å². The molecule has 0 radical (unpaired) electrons. The Kier molecular flexibility index (Phi) is 8.34. The first-order valence-corrected chi connectivity index (χ1v) is 9.38. The quantitative estimate of drug-likeness (QED) is 0.497. The summed E-state index contributed by atoms with van der Waals surface area (Å²) in [6.07, 6.45) is 5.15. The lowest BCUT2D eigenvalue weighted by Gasteiger charge is -2.23. The molecule has 8 nitrogen and oxygen atoms in total. The molecule has 8 heteroatoms. The fourth-order valence-corrected chi connectivity index (χ4v) is 2.88. The molecular weight excluding hydrogens is 332 g/mol. The summed E-state index contributed by atoms with van der Waals surface area (Å²) in [4.78, 5) is 6.94. The van der Waals surface area contributed by atoms with Crippen molar-refractivity contribution in [2.75, 3.05) is 47.0 Å². The SMILES string of the molecule is CCNC(=NCC(c1cnn(C)c1)N(C)C)NC(C)COC1CCOC1. The summed E-state index contributed by atoms with van der Waals surface area (Å²) in [6.45, 7) is 7.78. The Morgan fingerprint density at radius 2 is 2.35 bits per heavy atom. The molecule has 26 heavy (non-hydrogen) atoms. The summed E-state index contributed by atoms with van der Waals surface area (Å²) in [6, 6.07) is 0.353. The van der Waals surface area contributed by atoms with E-state index in [1.165, 1.54) is 0 Å². The minimum Gasteiger partial charge on any atom is -0.379 e. The van der Waals surface area contributed by atoms with Crippen molar-refractivity contribution < 1.29 is 9.47 Å². The van der Waals surface area contributed by atoms with Crippen molar-refractivity contribution in [3.05, 3.63) is 18.0 Å². The lowest BCUT2D eigenvalue weighted by molar-refractivity contribution is 0.0347. The van der Waals surface area contributed by atoms with Crippen LogP contribution in [0.2, 0.25) is 0 Å². The van der Waals surface area contributed by atoms with Crippen LogP contribution in [0.15, 0.2) is 17.4 Å². The van der Waals surface area contributed by atoms with Gasteiger partial charge in [0, 0.05) is 38.0 Å². The molecule has 0 bridgehead atoms. The van der Waals surface area contributed by atoms with Gasteiger partial charge in [-0.1, -0.05) is 0 Å². The van der Waals surface area contributed by atoms with E-state index in [2.05, 4.69) is 48.6 Å². The number of likely N-dealkylation sites (N-methyl/N-ethyl adjacent to an activating group) is 1. The van der Waals surface area contributed by atoms with Crippen molar-refractivity contribution in [1.82, 2.24) is 25.3 Å². The van der Waals surface area contributed by atoms with Crippen LogP contribution in [0.25, 0.3) is 0 Å². The number of aromatic nitrogens is 2. The number of rotatable bonds is 9. The zero-order valence-corrected chi connectivity index (χ0v) is 16.7. The van der Waals surface area contributed by atoms with E-state index in [1.54, 1.807) is 0 Å². The number of guanidine groups is 1. The molecule has 0 saturated carbocycles. The highest BCUT2D eigenvalue weighted by atomic mass is 16.5. The van der Waals surface area contributed by atoms with Gasteiger partial charge in [-0.15, -0.1) is 0 Å². The molecular formula is C18H34N6O2. The molecule has 0 aromatic carbocycles. The molecule has 0 amide bonds. The smallest absolute Gasteiger partial charge is 0.191 e. The summed E-state index contributed by atoms with van der Waals surface area (Å²) in [5, 5.41) is 11.0. The zero-order chi connectivity index (χ0) is 18.9. The second-order valence-electron chi connectivity index (χ2n) is 7.01. The number of nitrogens with one attached hydrogen (secondary N) is 2. The molecule has 1 aliphatic rings. The maximum Gasteiger partial charge on any atom is 0.191 e. The topological polar surface area (TPSA) is 75.9 Å². The van der Waals surface area contributed by atoms with Gasteiger partial charge in [0.1, 0.15) is 0 Å². The monoisotopic (exact) mass is 366 g/mol. The number of aryl methyl sites for hydroxylation is 1. The fraction of sp³-hybridized carbons (Fsp3) is 0.778. The largest absolute Gasteiger partial charge is 0.379 e. The summed E-state index contributed by atoms with van der Waals surface area (Å²) < 4.78 is 13.1. The van der Waals surface area contributed by atoms with Crippen molar-refractivity contribution in [1.29, 1.82) is 0 Å². The second kappa shape index (κ2) is 10.5. The standard InChI is InChI=1S/C18H34N6O2/c1-6-19-18(22-14(2)12-26-16-7-8-25-13-16)20-10-17(23(3)4)15-9-21-24(5)11-15/h9,11,14,16-17H,6-8,10,12-13H2,1-5H3,(H2,19,20,22). The first-order chi connectivity index (χ1) is 12.5. The summed E-state index contributed by atoms with van der Waals surface area (Å²) >= 11 is 0. The van der Waals surface area contributed by atoms with E-state index in [0.717, 1.165) is 31.1 Å². The molecule has 148 valence electrons. The maximum atomic E-state index is 5.89. The van der Waals surface area contributed by atoms with Gasteiger partial charge in [-0.2, -0.15) is 5.10 Å². The second-order valence-corrected chi connectivity index (χ2v) is 7.01. The van der Waals surface area contributed by atoms with Crippen LogP contribution in [-0.4, -0.2) is 79.8 Å². The lowest BCUT2D eigenvalue weighted by Crippen LogP contribution is -2.45. The van der Waals surface area contributed by atoms with E-state index in [9.17, 15) is 0 Å². The highest BCUT2D eigenvalue weighted by Crippen LogP contribution is 2.17. The van der Waals surface area contributed by atoms with Crippen molar-refractivity contribution in [3.63, 3.8) is 0 Å². The first kappa shape index (κ1) is 20.7. The van der Waals surface area contributed by atoms with Crippen molar-refractivity contribution in [2.45, 2.75) is 38.5 Å². The van der Waals surface area contributed by atoms with Gasteiger partial charge in [-0.25, -0.2) is 0 Å². The molecule has 2 rings (SSSR count). The van der Waals surface area contributed by atoms with Crippen LogP contribution < -0.4 is 10.6 Å². The molecule has 1 aromatic heterocycles. The Morgan fingerprint density at radius 3 is 2.92 bits per heavy atom. The summed E-state index contributed by atoms with van der Waals surface area (Å²) in [5.74, 6) is 0.807. The Labute approximate surface area is 156 Å². The minimum absolute atomic E-state index is 0.171. The van der Waals surface area contributed by atoms with Gasteiger partial charge in [-0.3, -0.25) is 9.67 Å². The van der Waals surface area contributed by atoms with Gasteiger partial charge in [0.25, 0.3) is 0 Å². The molecule has 0 spiro atoms. The lowest BCUT2D eigenvalue weighted by atomic mass is 10.1. The normalized spacial score (nSPS) is 20.4. The molecule has 3 unspecified atom stereocenters. The third kappa shape index (κ3) is 6.59. The molecule has 2 N–H and O–H groups in total. The van der Waals surface area contributed by atoms with Crippen molar-refractivity contribution >= 4 is 5.96 Å². The predicted octanol–water partition coefficient (Wildman–Crippen LogP) is 0.772. The molecule has 2 heterocycles. The van der Waals surface area contributed by atoms with E-state index < -0.39 is 0 Å². The third-order valence-corrected chi connectivity index (χ3v) is 4.35. The van der Waals surface area contributed by atoms with E-state index in [-0.39, 0.29) is 18.2 Å². The maximum absolute atomic E-state index is 5.89. The van der Waals surface area contributed by atoms with Gasteiger partial charge in [-0.05, 0) is 34.4 Å². The van der Waals surface area contributed by atoms with Gasteiger partial charge in [0.15, 0.2) is 5.96 Å². The average Bonchev–Trinajstić information content (AvgIpc) is 3.25. The van der Waals surface area contributed by atoms with E-state index in [4.69, 9.17) is 14.5 Å². The number of ether oxygens (including phenoxy) is 2. The average molecular weight is 367 g/mol. The van der Waals surface area contributed by atoms with Crippen molar-refractivity contribution in [3.8, 4) is 0 Å². The Bertz CT molecular complexity index is 554. The van der Waals surface area contributed by atoms with E-state index >= 15 is 0 Å². The molecule has 0 aliphatic carbocycles. The van der Waals surface area contributed by atoms with Crippen LogP contribution in [0.5, 0.6) is 0 Å². The fourth-order valence-electron chi connectivity index (χ4n) is 2.88. The van der Waals surface area contributed by atoms with Crippen molar-refractivity contribution in [2.24, 2.45) is 12.0 Å². The van der Waals surface area contributed by atoms with Crippen LogP contribution in [-0.2, 0) is 16.5 Å². The van der Waals surface area contributed by atoms with Crippen LogP contribution in [0.3, 0.4) is 0 Å². The van der Waals surface area contributed by atoms with Gasteiger partial charge < -0.3 is 25.0 Å². The number of hydrogen-bond donors (Lipinski definition) is 2. The molecule has 1 aliphatic heterocycles. The Morgan fingerprint density at radius 1 is 1.54 bits per heavy atom. The van der Waals surface area contributed by atoms with Gasteiger partial charge in [0.2, 0.25) is 0 Å². The number of hydrogen-bond acceptors (Lipinski definition) is 5. The number of nitrogens with zero attached hydrogens (tertiary/aromatic N) is 4. The van der Waals surface area contributed by atoms with Gasteiger partial charge >= 0.3 is 0 Å². The van der Waals surface area contributed by atoms with Crippen LogP contribution >= 0.6 is 0 Å². The van der Waals surface area contributed by atoms with E-state index in [1.807, 2.05) is 24.1 Å². The van der Waals surface area contributed by atoms with Crippen LogP contribution in [0.1, 0.15) is 31.9 Å². The van der Waals surface area contributed by atoms with E-state index in [0.29, 0.717) is 19.8 Å². The predicted molar refractivity (Wildman–Crippen MR) is 103 cm³/mol. The zero-order valence-electron chi connectivity index (χ0n) is 16.7. The Balaban J connectivity index is 1.90. The number of aliphatic imine (C=N–C) groups is 1. The third-order valence-electron chi connectivity index (χ3n) is 4.35. The van der Waals surface area contributed by atoms with Crippen LogP contribution in [0, 0.1) is 0 Å². The first-order valence-electron chi connectivity index (χ1n) is 9.38. The van der Waals surface area contributed by atoms with Crippen LogP contribution in [0.4, 0.5) is 0 Å². The highest BCUT2D eigenvalue weighted by Gasteiger charge is 2.18. The molecule has 1 saturated heterocycles. The summed E-state index contributed by atoms with van der Waals surface area (Å²) in [7, 11) is 6.06. The molecule has 1 fully saturated rings.